The molecule has 0 bridgehead atoms. The molecule has 0 saturated heterocycles. The fraction of sp³-hybridized carbons (Fsp3) is 0.143. The minimum absolute atomic E-state index is 0.508. The molecule has 0 heterocycles. The van der Waals surface area contributed by atoms with E-state index in [4.69, 9.17) is 16.3 Å². The Hall–Kier alpha value is -1.47. The summed E-state index contributed by atoms with van der Waals surface area (Å²) in [6.07, 6.45) is 1.91. The molecule has 1 aromatic carbocycles. The van der Waals surface area contributed by atoms with Gasteiger partial charge in [-0.2, -0.15) is 0 Å². The zero-order chi connectivity index (χ0) is 12.1. The van der Waals surface area contributed by atoms with Crippen molar-refractivity contribution in [3.8, 4) is 5.75 Å². The zero-order valence-corrected chi connectivity index (χ0v) is 10.3. The van der Waals surface area contributed by atoms with Gasteiger partial charge in [-0.3, -0.25) is 0 Å². The Morgan fingerprint density at radius 1 is 1.25 bits per heavy atom. The highest BCUT2D eigenvalue weighted by Crippen LogP contribution is 2.27. The number of rotatable bonds is 4. The molecule has 0 N–H and O–H groups in total. The molecule has 0 fully saturated rings. The molecule has 0 atom stereocenters. The summed E-state index contributed by atoms with van der Waals surface area (Å²) in [4.78, 5) is 0. The molecular formula is C14H15ClO. The molecule has 0 unspecified atom stereocenters. The van der Waals surface area contributed by atoms with Gasteiger partial charge in [0.15, 0.2) is 0 Å². The number of benzene rings is 1. The number of ether oxygens (including phenoxy) is 1. The molecule has 1 rings (SSSR count). The number of allylic oxidation sites excluding steroid dienone is 4. The molecule has 0 saturated carbocycles. The van der Waals surface area contributed by atoms with E-state index >= 15 is 0 Å². The quantitative estimate of drug-likeness (QED) is 0.702. The van der Waals surface area contributed by atoms with Gasteiger partial charge in [0.1, 0.15) is 5.75 Å². The van der Waals surface area contributed by atoms with Gasteiger partial charge in [0.2, 0.25) is 0 Å². The van der Waals surface area contributed by atoms with Gasteiger partial charge in [0.25, 0.3) is 0 Å². The Morgan fingerprint density at radius 3 is 2.19 bits per heavy atom. The predicted octanol–water partition coefficient (Wildman–Crippen LogP) is 4.41. The van der Waals surface area contributed by atoms with E-state index < -0.39 is 0 Å². The largest absolute Gasteiger partial charge is 0.497 e. The van der Waals surface area contributed by atoms with Gasteiger partial charge >= 0.3 is 0 Å². The summed E-state index contributed by atoms with van der Waals surface area (Å²) >= 11 is 5.96. The molecule has 16 heavy (non-hydrogen) atoms. The Bertz CT molecular complexity index is 427. The standard InChI is InChI=1S/C14H15ClO/c1-10(2)9-14(11(3)15)12-5-7-13(16-4)8-6-12/h5-9H,1,3H2,2,4H3/b14-9+. The maximum absolute atomic E-state index is 5.96. The van der Waals surface area contributed by atoms with Gasteiger partial charge in [0.05, 0.1) is 7.11 Å². The summed E-state index contributed by atoms with van der Waals surface area (Å²) < 4.78 is 5.10. The summed E-state index contributed by atoms with van der Waals surface area (Å²) in [6.45, 7) is 9.51. The van der Waals surface area contributed by atoms with Crippen LogP contribution in [0.3, 0.4) is 0 Å². The van der Waals surface area contributed by atoms with Gasteiger partial charge in [-0.05, 0) is 30.2 Å². The average molecular weight is 235 g/mol. The van der Waals surface area contributed by atoms with Crippen molar-refractivity contribution in [3.63, 3.8) is 0 Å². The first-order valence-electron chi connectivity index (χ1n) is 4.91. The molecular weight excluding hydrogens is 220 g/mol. The van der Waals surface area contributed by atoms with Crippen LogP contribution in [0.25, 0.3) is 5.57 Å². The van der Waals surface area contributed by atoms with Gasteiger partial charge in [-0.25, -0.2) is 0 Å². The Balaban J connectivity index is 3.12. The highest BCUT2D eigenvalue weighted by atomic mass is 35.5. The minimum Gasteiger partial charge on any atom is -0.497 e. The monoisotopic (exact) mass is 234 g/mol. The van der Waals surface area contributed by atoms with Crippen molar-refractivity contribution in [2.75, 3.05) is 7.11 Å². The maximum Gasteiger partial charge on any atom is 0.118 e. The topological polar surface area (TPSA) is 9.23 Å². The lowest BCUT2D eigenvalue weighted by Crippen LogP contribution is -1.87. The van der Waals surface area contributed by atoms with Crippen LogP contribution in [0.2, 0.25) is 0 Å². The molecule has 0 aliphatic carbocycles. The van der Waals surface area contributed by atoms with Crippen molar-refractivity contribution in [1.82, 2.24) is 0 Å². The van der Waals surface area contributed by atoms with E-state index in [1.54, 1.807) is 7.11 Å². The van der Waals surface area contributed by atoms with E-state index in [1.807, 2.05) is 37.3 Å². The SMILES string of the molecule is C=C(C)/C=C(\C(=C)Cl)c1ccc(OC)cc1. The van der Waals surface area contributed by atoms with Gasteiger partial charge < -0.3 is 4.74 Å². The van der Waals surface area contributed by atoms with Crippen LogP contribution >= 0.6 is 11.6 Å². The first-order valence-corrected chi connectivity index (χ1v) is 5.29. The molecule has 0 radical (unpaired) electrons. The summed E-state index contributed by atoms with van der Waals surface area (Å²) in [5.41, 5.74) is 2.83. The second kappa shape index (κ2) is 5.57. The smallest absolute Gasteiger partial charge is 0.118 e. The maximum atomic E-state index is 5.96. The lowest BCUT2D eigenvalue weighted by atomic mass is 10.0. The summed E-state index contributed by atoms with van der Waals surface area (Å²) in [5.74, 6) is 0.818. The highest BCUT2D eigenvalue weighted by molar-refractivity contribution is 6.36. The predicted molar refractivity (Wildman–Crippen MR) is 70.8 cm³/mol. The Kier molecular flexibility index (Phi) is 4.39. The van der Waals surface area contributed by atoms with E-state index in [0.717, 1.165) is 22.5 Å². The van der Waals surface area contributed by atoms with E-state index in [0.29, 0.717) is 5.03 Å². The van der Waals surface area contributed by atoms with Crippen molar-refractivity contribution in [1.29, 1.82) is 0 Å². The number of hydrogen-bond acceptors (Lipinski definition) is 1. The Labute approximate surface area is 102 Å². The van der Waals surface area contributed by atoms with Crippen molar-refractivity contribution in [3.05, 3.63) is 59.7 Å². The van der Waals surface area contributed by atoms with Gasteiger partial charge in [0, 0.05) is 5.03 Å². The number of hydrogen-bond donors (Lipinski definition) is 0. The van der Waals surface area contributed by atoms with Crippen molar-refractivity contribution in [2.24, 2.45) is 0 Å². The van der Waals surface area contributed by atoms with Crippen LogP contribution < -0.4 is 4.74 Å². The van der Waals surface area contributed by atoms with Crippen LogP contribution in [0, 0.1) is 0 Å². The summed E-state index contributed by atoms with van der Waals surface area (Å²) in [6, 6.07) is 7.67. The van der Waals surface area contributed by atoms with Crippen molar-refractivity contribution < 1.29 is 4.74 Å². The zero-order valence-electron chi connectivity index (χ0n) is 9.59. The average Bonchev–Trinajstić information content (AvgIpc) is 2.25. The van der Waals surface area contributed by atoms with Crippen LogP contribution in [0.15, 0.2) is 54.1 Å². The first-order chi connectivity index (χ1) is 7.54. The second-order valence-electron chi connectivity index (χ2n) is 3.54. The summed E-state index contributed by atoms with van der Waals surface area (Å²) in [5, 5.41) is 0.508. The number of halogens is 1. The molecule has 0 spiro atoms. The molecule has 0 aromatic heterocycles. The third kappa shape index (κ3) is 3.28. The molecule has 1 aromatic rings. The fourth-order valence-electron chi connectivity index (χ4n) is 1.34. The van der Waals surface area contributed by atoms with Crippen LogP contribution in [0.5, 0.6) is 5.75 Å². The third-order valence-electron chi connectivity index (χ3n) is 2.08. The molecule has 0 amide bonds. The Morgan fingerprint density at radius 2 is 1.81 bits per heavy atom. The molecule has 1 nitrogen and oxygen atoms in total. The van der Waals surface area contributed by atoms with Crippen molar-refractivity contribution in [2.45, 2.75) is 6.92 Å². The van der Waals surface area contributed by atoms with Gasteiger partial charge in [-0.15, -0.1) is 0 Å². The summed E-state index contributed by atoms with van der Waals surface area (Å²) in [7, 11) is 1.64. The second-order valence-corrected chi connectivity index (χ2v) is 3.99. The third-order valence-corrected chi connectivity index (χ3v) is 2.29. The normalized spacial score (nSPS) is 11.1. The fourth-order valence-corrected chi connectivity index (χ4v) is 1.50. The highest BCUT2D eigenvalue weighted by Gasteiger charge is 2.04. The van der Waals surface area contributed by atoms with Crippen LogP contribution in [-0.2, 0) is 0 Å². The number of methoxy groups -OCH3 is 1. The van der Waals surface area contributed by atoms with Crippen molar-refractivity contribution >= 4 is 17.2 Å². The lowest BCUT2D eigenvalue weighted by molar-refractivity contribution is 0.415. The van der Waals surface area contributed by atoms with E-state index in [-0.39, 0.29) is 0 Å². The van der Waals surface area contributed by atoms with Crippen LogP contribution in [0.1, 0.15) is 12.5 Å². The minimum atomic E-state index is 0.508. The molecule has 0 aliphatic rings. The molecule has 0 aliphatic heterocycles. The van der Waals surface area contributed by atoms with Gasteiger partial charge in [-0.1, -0.05) is 48.5 Å². The molecule has 84 valence electrons. The van der Waals surface area contributed by atoms with Crippen LogP contribution in [0.4, 0.5) is 0 Å². The lowest BCUT2D eigenvalue weighted by Gasteiger charge is -2.07. The van der Waals surface area contributed by atoms with E-state index in [2.05, 4.69) is 13.2 Å². The van der Waals surface area contributed by atoms with E-state index in [9.17, 15) is 0 Å². The molecule has 2 heteroatoms. The van der Waals surface area contributed by atoms with Crippen LogP contribution in [-0.4, -0.2) is 7.11 Å². The van der Waals surface area contributed by atoms with E-state index in [1.165, 1.54) is 0 Å². The first kappa shape index (κ1) is 12.6.